The number of nitrogens with zero attached hydrogens (tertiary/aromatic N) is 1. The van der Waals surface area contributed by atoms with Gasteiger partial charge in [0.05, 0.1) is 5.69 Å². The second-order valence-electron chi connectivity index (χ2n) is 5.22. The monoisotopic (exact) mass is 430 g/mol. The molecule has 1 heterocycles. The van der Waals surface area contributed by atoms with Gasteiger partial charge in [-0.25, -0.2) is 4.98 Å². The van der Waals surface area contributed by atoms with Gasteiger partial charge in [0.25, 0.3) is 5.56 Å². The zero-order valence-electron chi connectivity index (χ0n) is 11.1. The minimum absolute atomic E-state index is 0.145. The van der Waals surface area contributed by atoms with Crippen molar-refractivity contribution < 1.29 is 0 Å². The molecule has 1 aliphatic carbocycles. The molecule has 1 aromatic carbocycles. The molecule has 0 bridgehead atoms. The van der Waals surface area contributed by atoms with Crippen molar-refractivity contribution in [2.45, 2.75) is 31.6 Å². The molecule has 0 amide bonds. The van der Waals surface area contributed by atoms with Crippen molar-refractivity contribution in [1.82, 2.24) is 9.97 Å². The summed E-state index contributed by atoms with van der Waals surface area (Å²) in [4.78, 5) is 19.7. The van der Waals surface area contributed by atoms with E-state index in [9.17, 15) is 4.79 Å². The van der Waals surface area contributed by atoms with Crippen LogP contribution in [0.4, 0.5) is 0 Å². The number of aromatic amines is 1. The lowest BCUT2D eigenvalue weighted by molar-refractivity contribution is 0.688. The Labute approximate surface area is 144 Å². The first-order valence-electron chi connectivity index (χ1n) is 6.81. The third-order valence-corrected chi connectivity index (χ3v) is 5.51. The maximum Gasteiger partial charge on any atom is 0.265 e. The van der Waals surface area contributed by atoms with Gasteiger partial charge in [-0.3, -0.25) is 4.79 Å². The van der Waals surface area contributed by atoms with E-state index in [1.807, 2.05) is 6.07 Å². The number of hydrogen-bond acceptors (Lipinski definition) is 2. The third kappa shape index (κ3) is 3.10. The first-order valence-corrected chi connectivity index (χ1v) is 8.78. The maximum atomic E-state index is 12.2. The van der Waals surface area contributed by atoms with E-state index in [1.54, 1.807) is 12.1 Å². The van der Waals surface area contributed by atoms with Crippen LogP contribution in [-0.4, -0.2) is 9.97 Å². The standard InChI is InChI=1S/C15H13Br2ClN2O/c16-11-6-5-9(18)7-10(11)14-19-13(8-3-1-2-4-8)12(17)15(21)20-14/h5-8H,1-4H2,(H,19,20,21). The van der Waals surface area contributed by atoms with Gasteiger partial charge < -0.3 is 4.98 Å². The highest BCUT2D eigenvalue weighted by atomic mass is 79.9. The highest BCUT2D eigenvalue weighted by Crippen LogP contribution is 2.37. The highest BCUT2D eigenvalue weighted by Gasteiger charge is 2.23. The first kappa shape index (κ1) is 15.3. The van der Waals surface area contributed by atoms with Gasteiger partial charge in [-0.05, 0) is 47.0 Å². The van der Waals surface area contributed by atoms with Crippen molar-refractivity contribution in [3.8, 4) is 11.4 Å². The first-order chi connectivity index (χ1) is 10.1. The van der Waals surface area contributed by atoms with Crippen LogP contribution >= 0.6 is 43.5 Å². The Bertz CT molecular complexity index is 739. The molecule has 1 aromatic heterocycles. The number of nitrogens with one attached hydrogen (secondary N) is 1. The summed E-state index contributed by atoms with van der Waals surface area (Å²) in [5, 5.41) is 0.612. The van der Waals surface area contributed by atoms with Gasteiger partial charge in [0, 0.05) is 21.0 Å². The van der Waals surface area contributed by atoms with Crippen LogP contribution in [0.3, 0.4) is 0 Å². The SMILES string of the molecule is O=c1[nH]c(-c2cc(Cl)ccc2Br)nc(C2CCCC2)c1Br. The molecule has 3 rings (SSSR count). The molecule has 1 fully saturated rings. The zero-order chi connectivity index (χ0) is 15.0. The zero-order valence-corrected chi connectivity index (χ0v) is 15.1. The molecule has 1 saturated carbocycles. The van der Waals surface area contributed by atoms with Crippen LogP contribution in [0.15, 0.2) is 31.9 Å². The molecule has 0 atom stereocenters. The van der Waals surface area contributed by atoms with Crippen molar-refractivity contribution in [3.05, 3.63) is 48.2 Å². The van der Waals surface area contributed by atoms with Gasteiger partial charge in [-0.15, -0.1) is 0 Å². The molecular formula is C15H13Br2ClN2O. The predicted octanol–water partition coefficient (Wildman–Crippen LogP) is 5.27. The molecule has 0 radical (unpaired) electrons. The summed E-state index contributed by atoms with van der Waals surface area (Å²) >= 11 is 12.9. The number of rotatable bonds is 2. The van der Waals surface area contributed by atoms with E-state index in [0.29, 0.717) is 21.2 Å². The maximum absolute atomic E-state index is 12.2. The molecule has 0 spiro atoms. The summed E-state index contributed by atoms with van der Waals surface area (Å²) < 4.78 is 1.41. The van der Waals surface area contributed by atoms with Crippen LogP contribution in [0.2, 0.25) is 5.02 Å². The normalized spacial score (nSPS) is 15.6. The molecular weight excluding hydrogens is 419 g/mol. The smallest absolute Gasteiger partial charge is 0.265 e. The number of halogens is 3. The van der Waals surface area contributed by atoms with Crippen LogP contribution in [0.1, 0.15) is 37.3 Å². The van der Waals surface area contributed by atoms with E-state index in [1.165, 1.54) is 12.8 Å². The summed E-state index contributed by atoms with van der Waals surface area (Å²) in [6.07, 6.45) is 4.57. The molecule has 1 aliphatic rings. The fourth-order valence-electron chi connectivity index (χ4n) is 2.75. The Morgan fingerprint density at radius 2 is 1.95 bits per heavy atom. The van der Waals surface area contributed by atoms with Crippen LogP contribution < -0.4 is 5.56 Å². The molecule has 3 nitrogen and oxygen atoms in total. The molecule has 21 heavy (non-hydrogen) atoms. The van der Waals surface area contributed by atoms with E-state index in [4.69, 9.17) is 16.6 Å². The number of benzene rings is 1. The number of hydrogen-bond donors (Lipinski definition) is 1. The molecule has 0 aliphatic heterocycles. The van der Waals surface area contributed by atoms with Gasteiger partial charge >= 0.3 is 0 Å². The fourth-order valence-corrected chi connectivity index (χ4v) is 3.87. The van der Waals surface area contributed by atoms with Gasteiger partial charge in [0.15, 0.2) is 0 Å². The van der Waals surface area contributed by atoms with Gasteiger partial charge in [-0.1, -0.05) is 40.4 Å². The molecule has 110 valence electrons. The molecule has 2 aromatic rings. The van der Waals surface area contributed by atoms with Crippen LogP contribution in [0.25, 0.3) is 11.4 Å². The lowest BCUT2D eigenvalue weighted by atomic mass is 10.0. The van der Waals surface area contributed by atoms with Crippen LogP contribution in [-0.2, 0) is 0 Å². The van der Waals surface area contributed by atoms with Crippen molar-refractivity contribution in [1.29, 1.82) is 0 Å². The van der Waals surface area contributed by atoms with E-state index in [-0.39, 0.29) is 5.56 Å². The topological polar surface area (TPSA) is 45.8 Å². The largest absolute Gasteiger partial charge is 0.305 e. The predicted molar refractivity (Wildman–Crippen MR) is 91.9 cm³/mol. The second-order valence-corrected chi connectivity index (χ2v) is 7.30. The fraction of sp³-hybridized carbons (Fsp3) is 0.333. The van der Waals surface area contributed by atoms with Crippen molar-refractivity contribution in [3.63, 3.8) is 0 Å². The summed E-state index contributed by atoms with van der Waals surface area (Å²) in [6.45, 7) is 0. The Morgan fingerprint density at radius 1 is 1.24 bits per heavy atom. The quantitative estimate of drug-likeness (QED) is 0.702. The number of H-pyrrole nitrogens is 1. The summed E-state index contributed by atoms with van der Waals surface area (Å²) in [5.74, 6) is 0.915. The van der Waals surface area contributed by atoms with Crippen molar-refractivity contribution in [2.75, 3.05) is 0 Å². The molecule has 6 heteroatoms. The minimum atomic E-state index is -0.145. The average molecular weight is 433 g/mol. The molecule has 1 N–H and O–H groups in total. The summed E-state index contributed by atoms with van der Waals surface area (Å²) in [6, 6.07) is 5.45. The minimum Gasteiger partial charge on any atom is -0.305 e. The Morgan fingerprint density at radius 3 is 2.67 bits per heavy atom. The van der Waals surface area contributed by atoms with E-state index >= 15 is 0 Å². The highest BCUT2D eigenvalue weighted by molar-refractivity contribution is 9.10. The van der Waals surface area contributed by atoms with Crippen molar-refractivity contribution in [2.24, 2.45) is 0 Å². The van der Waals surface area contributed by atoms with E-state index < -0.39 is 0 Å². The lowest BCUT2D eigenvalue weighted by Crippen LogP contribution is -2.15. The summed E-state index contributed by atoms with van der Waals surface area (Å²) in [5.41, 5.74) is 1.51. The van der Waals surface area contributed by atoms with E-state index in [0.717, 1.165) is 28.6 Å². The Kier molecular flexibility index (Phi) is 4.52. The Balaban J connectivity index is 2.15. The van der Waals surface area contributed by atoms with Crippen LogP contribution in [0.5, 0.6) is 0 Å². The van der Waals surface area contributed by atoms with E-state index in [2.05, 4.69) is 36.8 Å². The molecule has 0 unspecified atom stereocenters. The third-order valence-electron chi connectivity index (χ3n) is 3.81. The van der Waals surface area contributed by atoms with Gasteiger partial charge in [0.1, 0.15) is 10.3 Å². The molecule has 0 saturated heterocycles. The van der Waals surface area contributed by atoms with Gasteiger partial charge in [0.2, 0.25) is 0 Å². The number of aromatic nitrogens is 2. The average Bonchev–Trinajstić information content (AvgIpc) is 2.98. The summed E-state index contributed by atoms with van der Waals surface area (Å²) in [7, 11) is 0. The lowest BCUT2D eigenvalue weighted by Gasteiger charge is -2.13. The van der Waals surface area contributed by atoms with Crippen molar-refractivity contribution >= 4 is 43.5 Å². The van der Waals surface area contributed by atoms with Crippen LogP contribution in [0, 0.1) is 0 Å². The Hall–Kier alpha value is -0.650. The second kappa shape index (κ2) is 6.23. The van der Waals surface area contributed by atoms with Gasteiger partial charge in [-0.2, -0.15) is 0 Å².